The largest absolute Gasteiger partial charge is 0.379 e. The number of amides is 1. The Hall–Kier alpha value is -1.95. The van der Waals surface area contributed by atoms with Gasteiger partial charge in [-0.1, -0.05) is 17.3 Å². The number of carbonyl (C=O) groups is 1. The van der Waals surface area contributed by atoms with Crippen LogP contribution < -0.4 is 5.32 Å². The third-order valence-electron chi connectivity index (χ3n) is 4.01. The summed E-state index contributed by atoms with van der Waals surface area (Å²) in [4.78, 5) is 17.7. The molecule has 2 aliphatic heterocycles. The molecule has 22 heavy (non-hydrogen) atoms. The van der Waals surface area contributed by atoms with Crippen LogP contribution in [0.3, 0.4) is 0 Å². The van der Waals surface area contributed by atoms with Crippen molar-refractivity contribution in [3.05, 3.63) is 35.6 Å². The number of nitrogens with one attached hydrogen (secondary N) is 1. The maximum atomic E-state index is 13.3. The maximum Gasteiger partial charge on any atom is 0.267 e. The number of hydrogen-bond donors (Lipinski definition) is 1. The first kappa shape index (κ1) is 15.0. The normalized spacial score (nSPS) is 27.4. The predicted molar refractivity (Wildman–Crippen MR) is 79.0 cm³/mol. The molecule has 2 aliphatic rings. The fraction of sp³-hybridized carbons (Fsp3) is 0.500. The Morgan fingerprint density at radius 3 is 3.14 bits per heavy atom. The Balaban J connectivity index is 1.59. The van der Waals surface area contributed by atoms with Crippen molar-refractivity contribution in [1.29, 1.82) is 0 Å². The van der Waals surface area contributed by atoms with E-state index in [0.717, 1.165) is 19.4 Å². The summed E-state index contributed by atoms with van der Waals surface area (Å²) in [5, 5.41) is 6.81. The van der Waals surface area contributed by atoms with Gasteiger partial charge in [0.15, 0.2) is 0 Å². The van der Waals surface area contributed by atoms with Crippen molar-refractivity contribution in [2.75, 3.05) is 13.2 Å². The number of nitrogens with zero attached hydrogens (tertiary/aromatic N) is 1. The first-order valence-corrected chi connectivity index (χ1v) is 7.48. The second kappa shape index (κ2) is 6.04. The zero-order valence-electron chi connectivity index (χ0n) is 12.5. The Bertz CT molecular complexity index is 599. The summed E-state index contributed by atoms with van der Waals surface area (Å²) in [7, 11) is 0. The highest BCUT2D eigenvalue weighted by atomic mass is 19.1. The van der Waals surface area contributed by atoms with Crippen LogP contribution in [0.25, 0.3) is 0 Å². The molecule has 5 nitrogen and oxygen atoms in total. The van der Waals surface area contributed by atoms with Crippen LogP contribution in [0, 0.1) is 5.82 Å². The molecule has 0 unspecified atom stereocenters. The van der Waals surface area contributed by atoms with Gasteiger partial charge in [-0.3, -0.25) is 4.79 Å². The number of ether oxygens (including phenoxy) is 1. The zero-order chi connectivity index (χ0) is 15.6. The van der Waals surface area contributed by atoms with E-state index >= 15 is 0 Å². The molecule has 1 fully saturated rings. The highest BCUT2D eigenvalue weighted by Gasteiger charge is 2.42. The Morgan fingerprint density at radius 1 is 1.55 bits per heavy atom. The van der Waals surface area contributed by atoms with Crippen molar-refractivity contribution in [2.24, 2.45) is 5.16 Å². The Labute approximate surface area is 128 Å². The van der Waals surface area contributed by atoms with Gasteiger partial charge in [0.05, 0.1) is 11.8 Å². The van der Waals surface area contributed by atoms with Crippen LogP contribution in [0.2, 0.25) is 0 Å². The van der Waals surface area contributed by atoms with Crippen LogP contribution in [-0.4, -0.2) is 36.5 Å². The van der Waals surface area contributed by atoms with Gasteiger partial charge in [-0.05, 0) is 31.9 Å². The fourth-order valence-electron chi connectivity index (χ4n) is 2.68. The molecule has 1 amide bonds. The molecule has 6 heteroatoms. The minimum Gasteiger partial charge on any atom is -0.379 e. The fourth-order valence-corrected chi connectivity index (χ4v) is 2.68. The van der Waals surface area contributed by atoms with E-state index in [1.807, 2.05) is 0 Å². The molecule has 1 N–H and O–H groups in total. The van der Waals surface area contributed by atoms with Gasteiger partial charge in [-0.2, -0.15) is 0 Å². The van der Waals surface area contributed by atoms with E-state index in [9.17, 15) is 9.18 Å². The van der Waals surface area contributed by atoms with Gasteiger partial charge in [0.1, 0.15) is 5.82 Å². The standard InChI is InChI=1S/C16H19FN2O3/c1-16(15(20)18-10-13-6-3-7-21-13)9-14(19-22-16)11-4-2-5-12(17)8-11/h2,4-5,8,13H,3,6-7,9-10H2,1H3,(H,18,20)/t13-,16-/m0/s1. The smallest absolute Gasteiger partial charge is 0.267 e. The van der Waals surface area contributed by atoms with Crippen LogP contribution in [0.15, 0.2) is 29.4 Å². The van der Waals surface area contributed by atoms with Gasteiger partial charge in [-0.25, -0.2) is 4.39 Å². The van der Waals surface area contributed by atoms with Gasteiger partial charge in [0.2, 0.25) is 5.60 Å². The van der Waals surface area contributed by atoms with Gasteiger partial charge in [0, 0.05) is 25.1 Å². The van der Waals surface area contributed by atoms with Crippen molar-refractivity contribution in [2.45, 2.75) is 37.9 Å². The molecule has 0 radical (unpaired) electrons. The van der Waals surface area contributed by atoms with E-state index in [1.54, 1.807) is 19.1 Å². The summed E-state index contributed by atoms with van der Waals surface area (Å²) in [5.41, 5.74) is 0.158. The topological polar surface area (TPSA) is 59.9 Å². The maximum absolute atomic E-state index is 13.3. The number of benzene rings is 1. The highest BCUT2D eigenvalue weighted by molar-refractivity contribution is 6.05. The first-order valence-electron chi connectivity index (χ1n) is 7.48. The first-order chi connectivity index (χ1) is 10.6. The summed E-state index contributed by atoms with van der Waals surface area (Å²) >= 11 is 0. The molecular weight excluding hydrogens is 287 g/mol. The average molecular weight is 306 g/mol. The molecule has 1 aromatic carbocycles. The van der Waals surface area contributed by atoms with Crippen molar-refractivity contribution in [1.82, 2.24) is 5.32 Å². The Morgan fingerprint density at radius 2 is 2.41 bits per heavy atom. The summed E-state index contributed by atoms with van der Waals surface area (Å²) < 4.78 is 18.8. The molecule has 2 atom stereocenters. The molecule has 0 spiro atoms. The van der Waals surface area contributed by atoms with Crippen LogP contribution in [0.5, 0.6) is 0 Å². The minimum atomic E-state index is -1.06. The molecule has 1 aromatic rings. The van der Waals surface area contributed by atoms with Gasteiger partial charge in [-0.15, -0.1) is 0 Å². The van der Waals surface area contributed by atoms with Crippen LogP contribution in [0.1, 0.15) is 31.7 Å². The van der Waals surface area contributed by atoms with Gasteiger partial charge >= 0.3 is 0 Å². The molecule has 0 bridgehead atoms. The van der Waals surface area contributed by atoms with Crippen LogP contribution in [-0.2, 0) is 14.4 Å². The number of halogens is 1. The molecular formula is C16H19FN2O3. The third-order valence-corrected chi connectivity index (χ3v) is 4.01. The lowest BCUT2D eigenvalue weighted by Gasteiger charge is -2.21. The van der Waals surface area contributed by atoms with Crippen LogP contribution >= 0.6 is 0 Å². The number of oxime groups is 1. The number of rotatable bonds is 4. The van der Waals surface area contributed by atoms with E-state index in [-0.39, 0.29) is 17.8 Å². The predicted octanol–water partition coefficient (Wildman–Crippen LogP) is 2.00. The number of carbonyl (C=O) groups excluding carboxylic acids is 1. The van der Waals surface area contributed by atoms with E-state index in [1.165, 1.54) is 12.1 Å². The molecule has 118 valence electrons. The highest BCUT2D eigenvalue weighted by Crippen LogP contribution is 2.27. The van der Waals surface area contributed by atoms with Crippen molar-refractivity contribution in [3.8, 4) is 0 Å². The minimum absolute atomic E-state index is 0.0811. The lowest BCUT2D eigenvalue weighted by atomic mass is 9.95. The van der Waals surface area contributed by atoms with E-state index in [0.29, 0.717) is 24.2 Å². The van der Waals surface area contributed by atoms with E-state index in [2.05, 4.69) is 10.5 Å². The molecule has 1 saturated heterocycles. The third kappa shape index (κ3) is 3.11. The summed E-state index contributed by atoms with van der Waals surface area (Å²) in [6, 6.07) is 6.12. The van der Waals surface area contributed by atoms with Gasteiger partial charge < -0.3 is 14.9 Å². The van der Waals surface area contributed by atoms with Crippen molar-refractivity contribution in [3.63, 3.8) is 0 Å². The van der Waals surface area contributed by atoms with Gasteiger partial charge in [0.25, 0.3) is 5.91 Å². The van der Waals surface area contributed by atoms with E-state index < -0.39 is 5.60 Å². The molecule has 0 aromatic heterocycles. The Kier molecular flexibility index (Phi) is 4.11. The average Bonchev–Trinajstić information content (AvgIpc) is 3.15. The van der Waals surface area contributed by atoms with Crippen molar-refractivity contribution < 1.29 is 18.8 Å². The lowest BCUT2D eigenvalue weighted by molar-refractivity contribution is -0.142. The lowest BCUT2D eigenvalue weighted by Crippen LogP contribution is -2.46. The summed E-state index contributed by atoms with van der Waals surface area (Å²) in [5.74, 6) is -0.560. The molecule has 0 aliphatic carbocycles. The quantitative estimate of drug-likeness (QED) is 0.925. The second-order valence-corrected chi connectivity index (χ2v) is 5.89. The molecule has 3 rings (SSSR count). The summed E-state index contributed by atoms with van der Waals surface area (Å²) in [6.07, 6.45) is 2.38. The second-order valence-electron chi connectivity index (χ2n) is 5.89. The molecule has 2 heterocycles. The number of hydrogen-bond acceptors (Lipinski definition) is 4. The van der Waals surface area contributed by atoms with Crippen LogP contribution in [0.4, 0.5) is 4.39 Å². The molecule has 0 saturated carbocycles. The van der Waals surface area contributed by atoms with Crippen molar-refractivity contribution >= 4 is 11.6 Å². The zero-order valence-corrected chi connectivity index (χ0v) is 12.5. The van der Waals surface area contributed by atoms with E-state index in [4.69, 9.17) is 9.57 Å². The SMILES string of the molecule is C[C@@]1(C(=O)NC[C@@H]2CCCO2)CC(c2cccc(F)c2)=NO1. The summed E-state index contributed by atoms with van der Waals surface area (Å²) in [6.45, 7) is 2.92. The monoisotopic (exact) mass is 306 g/mol.